The number of benzene rings is 1. The number of hydrogen-bond donors (Lipinski definition) is 0. The molecule has 0 aliphatic carbocycles. The van der Waals surface area contributed by atoms with Crippen LogP contribution in [0.15, 0.2) is 48.7 Å². The predicted octanol–water partition coefficient (Wildman–Crippen LogP) is 2.37. The summed E-state index contributed by atoms with van der Waals surface area (Å²) in [7, 11) is -3.31. The predicted molar refractivity (Wildman–Crippen MR) is 88.6 cm³/mol. The molecule has 1 aliphatic heterocycles. The number of nitrogens with zero attached hydrogens (tertiary/aromatic N) is 2. The second-order valence-electron chi connectivity index (χ2n) is 5.72. The summed E-state index contributed by atoms with van der Waals surface area (Å²) in [5.41, 5.74) is 1.62. The minimum Gasteiger partial charge on any atom is -0.487 e. The van der Waals surface area contributed by atoms with Crippen molar-refractivity contribution in [2.24, 2.45) is 0 Å². The highest BCUT2D eigenvalue weighted by molar-refractivity contribution is 7.88. The van der Waals surface area contributed by atoms with Gasteiger partial charge in [-0.3, -0.25) is 4.98 Å². The third-order valence-corrected chi connectivity index (χ3v) is 5.76. The minimum atomic E-state index is -3.31. The van der Waals surface area contributed by atoms with Crippen LogP contribution in [0.5, 0.6) is 5.75 Å². The highest BCUT2D eigenvalue weighted by Crippen LogP contribution is 2.23. The van der Waals surface area contributed by atoms with E-state index in [2.05, 4.69) is 4.98 Å². The van der Waals surface area contributed by atoms with Crippen LogP contribution in [0, 0.1) is 6.92 Å². The molecule has 0 amide bonds. The fourth-order valence-corrected chi connectivity index (χ4v) is 4.27. The van der Waals surface area contributed by atoms with Crippen molar-refractivity contribution in [2.75, 3.05) is 13.1 Å². The molecule has 0 spiro atoms. The molecule has 1 atom stereocenters. The first kappa shape index (κ1) is 16.0. The lowest BCUT2D eigenvalue weighted by molar-refractivity contribution is 0.213. The molecule has 2 aromatic rings. The second-order valence-corrected chi connectivity index (χ2v) is 7.68. The number of sulfonamides is 1. The van der Waals surface area contributed by atoms with Gasteiger partial charge in [-0.2, -0.15) is 4.31 Å². The van der Waals surface area contributed by atoms with E-state index in [0.717, 1.165) is 17.0 Å². The van der Waals surface area contributed by atoms with Gasteiger partial charge in [-0.25, -0.2) is 8.42 Å². The Morgan fingerprint density at radius 2 is 2.00 bits per heavy atom. The van der Waals surface area contributed by atoms with Crippen LogP contribution in [0.25, 0.3) is 0 Å². The van der Waals surface area contributed by atoms with Crippen molar-refractivity contribution in [2.45, 2.75) is 25.2 Å². The van der Waals surface area contributed by atoms with Crippen LogP contribution in [0.4, 0.5) is 0 Å². The summed E-state index contributed by atoms with van der Waals surface area (Å²) >= 11 is 0. The standard InChI is InChI=1S/C17H20N2O3S/c1-14-17(8-5-10-18-14)22-16-9-11-19(12-16)23(20,21)13-15-6-3-2-4-7-15/h2-8,10,16H,9,11-13H2,1H3/t16-/m0/s1. The second kappa shape index (κ2) is 6.68. The largest absolute Gasteiger partial charge is 0.487 e. The molecule has 2 heterocycles. The van der Waals surface area contributed by atoms with Gasteiger partial charge in [0.25, 0.3) is 0 Å². The molecule has 0 bridgehead atoms. The van der Waals surface area contributed by atoms with E-state index in [1.807, 2.05) is 49.4 Å². The van der Waals surface area contributed by atoms with E-state index in [-0.39, 0.29) is 11.9 Å². The third-order valence-electron chi connectivity index (χ3n) is 3.95. The van der Waals surface area contributed by atoms with E-state index in [0.29, 0.717) is 19.5 Å². The zero-order valence-corrected chi connectivity index (χ0v) is 13.9. The van der Waals surface area contributed by atoms with Crippen molar-refractivity contribution in [1.82, 2.24) is 9.29 Å². The topological polar surface area (TPSA) is 59.5 Å². The van der Waals surface area contributed by atoms with Crippen LogP contribution >= 0.6 is 0 Å². The molecule has 1 aliphatic rings. The van der Waals surface area contributed by atoms with Crippen LogP contribution in [0.1, 0.15) is 17.7 Å². The Labute approximate surface area is 137 Å². The Balaban J connectivity index is 1.64. The first-order valence-corrected chi connectivity index (χ1v) is 9.25. The molecular weight excluding hydrogens is 312 g/mol. The number of aromatic nitrogens is 1. The average molecular weight is 332 g/mol. The lowest BCUT2D eigenvalue weighted by Crippen LogP contribution is -2.32. The maximum atomic E-state index is 12.5. The maximum Gasteiger partial charge on any atom is 0.218 e. The SMILES string of the molecule is Cc1ncccc1O[C@H]1CCN(S(=O)(=O)Cc2ccccc2)C1. The van der Waals surface area contributed by atoms with Crippen LogP contribution < -0.4 is 4.74 Å². The van der Waals surface area contributed by atoms with Crippen molar-refractivity contribution >= 4 is 10.0 Å². The lowest BCUT2D eigenvalue weighted by Gasteiger charge is -2.18. The Hall–Kier alpha value is -1.92. The van der Waals surface area contributed by atoms with Crippen LogP contribution in [-0.4, -0.2) is 36.9 Å². The summed E-state index contributed by atoms with van der Waals surface area (Å²) < 4.78 is 32.5. The Morgan fingerprint density at radius 3 is 2.74 bits per heavy atom. The van der Waals surface area contributed by atoms with Crippen molar-refractivity contribution in [3.8, 4) is 5.75 Å². The first-order valence-electron chi connectivity index (χ1n) is 7.64. The smallest absolute Gasteiger partial charge is 0.218 e. The summed E-state index contributed by atoms with van der Waals surface area (Å²) in [5, 5.41) is 0. The summed E-state index contributed by atoms with van der Waals surface area (Å²) in [4.78, 5) is 4.19. The molecule has 0 radical (unpaired) electrons. The first-order chi connectivity index (χ1) is 11.0. The van der Waals surface area contributed by atoms with Gasteiger partial charge in [0.2, 0.25) is 10.0 Å². The van der Waals surface area contributed by atoms with Crippen LogP contribution in [0.3, 0.4) is 0 Å². The molecule has 0 saturated carbocycles. The van der Waals surface area contributed by atoms with Gasteiger partial charge in [-0.1, -0.05) is 30.3 Å². The average Bonchev–Trinajstić information content (AvgIpc) is 3.00. The zero-order valence-electron chi connectivity index (χ0n) is 13.1. The monoisotopic (exact) mass is 332 g/mol. The minimum absolute atomic E-state index is 0.0342. The molecule has 0 unspecified atom stereocenters. The molecule has 1 aromatic heterocycles. The van der Waals surface area contributed by atoms with E-state index in [9.17, 15) is 8.42 Å². The molecule has 6 heteroatoms. The summed E-state index contributed by atoms with van der Waals surface area (Å²) in [5.74, 6) is 0.756. The number of aryl methyl sites for hydroxylation is 1. The van der Waals surface area contributed by atoms with E-state index < -0.39 is 10.0 Å². The molecule has 23 heavy (non-hydrogen) atoms. The number of pyridine rings is 1. The van der Waals surface area contributed by atoms with Crippen LogP contribution in [-0.2, 0) is 15.8 Å². The highest BCUT2D eigenvalue weighted by Gasteiger charge is 2.32. The number of hydrogen-bond acceptors (Lipinski definition) is 4. The van der Waals surface area contributed by atoms with Crippen molar-refractivity contribution < 1.29 is 13.2 Å². The van der Waals surface area contributed by atoms with Gasteiger partial charge in [0, 0.05) is 12.7 Å². The van der Waals surface area contributed by atoms with Crippen molar-refractivity contribution in [3.63, 3.8) is 0 Å². The highest BCUT2D eigenvalue weighted by atomic mass is 32.2. The Morgan fingerprint density at radius 1 is 1.22 bits per heavy atom. The number of ether oxygens (including phenoxy) is 1. The van der Waals surface area contributed by atoms with E-state index in [4.69, 9.17) is 4.74 Å². The third kappa shape index (κ3) is 3.89. The molecule has 1 fully saturated rings. The van der Waals surface area contributed by atoms with Gasteiger partial charge >= 0.3 is 0 Å². The maximum absolute atomic E-state index is 12.5. The lowest BCUT2D eigenvalue weighted by atomic mass is 10.2. The number of rotatable bonds is 5. The molecule has 3 rings (SSSR count). The van der Waals surface area contributed by atoms with E-state index >= 15 is 0 Å². The van der Waals surface area contributed by atoms with Gasteiger partial charge in [0.05, 0.1) is 18.0 Å². The van der Waals surface area contributed by atoms with E-state index in [1.54, 1.807) is 6.20 Å². The van der Waals surface area contributed by atoms with Gasteiger partial charge in [-0.05, 0) is 31.0 Å². The zero-order chi connectivity index (χ0) is 16.3. The Kier molecular flexibility index (Phi) is 4.63. The molecular formula is C17H20N2O3S. The fraction of sp³-hybridized carbons (Fsp3) is 0.353. The van der Waals surface area contributed by atoms with Gasteiger partial charge in [0.1, 0.15) is 11.9 Å². The van der Waals surface area contributed by atoms with E-state index in [1.165, 1.54) is 4.31 Å². The molecule has 0 N–H and O–H groups in total. The quantitative estimate of drug-likeness (QED) is 0.843. The molecule has 122 valence electrons. The fourth-order valence-electron chi connectivity index (χ4n) is 2.70. The van der Waals surface area contributed by atoms with Gasteiger partial charge < -0.3 is 4.74 Å². The summed E-state index contributed by atoms with van der Waals surface area (Å²) in [6.45, 7) is 2.77. The molecule has 5 nitrogen and oxygen atoms in total. The van der Waals surface area contributed by atoms with Crippen molar-refractivity contribution in [1.29, 1.82) is 0 Å². The van der Waals surface area contributed by atoms with Gasteiger partial charge in [-0.15, -0.1) is 0 Å². The summed E-state index contributed by atoms with van der Waals surface area (Å²) in [6.07, 6.45) is 2.29. The Bertz CT molecular complexity index is 762. The normalized spacial score (nSPS) is 18.9. The van der Waals surface area contributed by atoms with Crippen molar-refractivity contribution in [3.05, 3.63) is 59.9 Å². The van der Waals surface area contributed by atoms with Crippen LogP contribution in [0.2, 0.25) is 0 Å². The van der Waals surface area contributed by atoms with Gasteiger partial charge in [0.15, 0.2) is 0 Å². The molecule has 1 aromatic carbocycles. The molecule has 1 saturated heterocycles. The summed E-state index contributed by atoms with van der Waals surface area (Å²) in [6, 6.07) is 12.9.